The monoisotopic (exact) mass is 352 g/mol. The third kappa shape index (κ3) is 4.07. The smallest absolute Gasteiger partial charge is 0.345 e. The van der Waals surface area contributed by atoms with E-state index in [0.29, 0.717) is 12.4 Å². The normalized spacial score (nSPS) is 14.5. The van der Waals surface area contributed by atoms with E-state index in [1.165, 1.54) is 12.1 Å². The highest BCUT2D eigenvalue weighted by atomic mass is 32.5. The molecule has 2 aromatic carbocycles. The summed E-state index contributed by atoms with van der Waals surface area (Å²) in [7, 11) is -10.0. The zero-order valence-corrected chi connectivity index (χ0v) is 12.0. The van der Waals surface area contributed by atoms with E-state index in [1.807, 2.05) is 0 Å². The van der Waals surface area contributed by atoms with Crippen LogP contribution in [0.5, 0.6) is 5.75 Å². The van der Waals surface area contributed by atoms with Gasteiger partial charge in [0.15, 0.2) is 0 Å². The molecule has 0 unspecified atom stereocenters. The Kier molecular flexibility index (Phi) is 3.53. The van der Waals surface area contributed by atoms with Crippen molar-refractivity contribution >= 4 is 22.5 Å². The van der Waals surface area contributed by atoms with Gasteiger partial charge < -0.3 is 4.74 Å². The molecule has 0 spiro atoms. The van der Waals surface area contributed by atoms with E-state index in [0.717, 1.165) is 24.3 Å². The highest BCUT2D eigenvalue weighted by molar-refractivity contribution is 8.45. The molecule has 0 aromatic heterocycles. The van der Waals surface area contributed by atoms with Crippen molar-refractivity contribution in [3.63, 3.8) is 0 Å². The van der Waals surface area contributed by atoms with Crippen molar-refractivity contribution < 1.29 is 33.8 Å². The number of rotatable bonds is 4. The Morgan fingerprint density at radius 2 is 1.48 bits per heavy atom. The van der Waals surface area contributed by atoms with Gasteiger partial charge in [-0.2, -0.15) is 0 Å². The Balaban J connectivity index is 2.39. The molecule has 0 aliphatic rings. The molecule has 0 amide bonds. The Morgan fingerprint density at radius 1 is 0.913 bits per heavy atom. The zero-order chi connectivity index (χ0) is 17.4. The molecule has 0 fully saturated rings. The molecule has 2 rings (SSSR count). The van der Waals surface area contributed by atoms with Crippen LogP contribution < -0.4 is 4.74 Å². The molecule has 124 valence electrons. The predicted octanol–water partition coefficient (Wildman–Crippen LogP) is 5.38. The lowest BCUT2D eigenvalue weighted by Gasteiger charge is -2.41. The highest BCUT2D eigenvalue weighted by Gasteiger charge is 2.67. The second kappa shape index (κ2) is 4.79. The van der Waals surface area contributed by atoms with Crippen LogP contribution in [0.1, 0.15) is 20.7 Å². The lowest BCUT2D eigenvalue weighted by atomic mass is 10.2. The van der Waals surface area contributed by atoms with Crippen LogP contribution in [-0.4, -0.2) is 12.3 Å². The minimum absolute atomic E-state index is 0.133. The van der Waals surface area contributed by atoms with Crippen molar-refractivity contribution in [1.29, 1.82) is 0 Å². The zero-order valence-electron chi connectivity index (χ0n) is 11.2. The minimum atomic E-state index is -10.0. The third-order valence-electron chi connectivity index (χ3n) is 2.75. The molecule has 0 saturated carbocycles. The first-order valence-corrected chi connectivity index (χ1v) is 7.96. The van der Waals surface area contributed by atoms with Crippen molar-refractivity contribution in [3.05, 3.63) is 59.7 Å². The number of benzene rings is 2. The molecule has 0 radical (unpaired) electrons. The standard InChI is InChI=1S/C14H9F5O3S/c15-23(16,17,18,19)13-4-2-1-3-12(13)14(21)22-11-7-5-10(9-20)6-8-11/h1-9H. The van der Waals surface area contributed by atoms with Crippen LogP contribution in [0.4, 0.5) is 19.4 Å². The van der Waals surface area contributed by atoms with Gasteiger partial charge in [-0.3, -0.25) is 4.79 Å². The highest BCUT2D eigenvalue weighted by Crippen LogP contribution is 3.02. The quantitative estimate of drug-likeness (QED) is 0.321. The minimum Gasteiger partial charge on any atom is -0.423 e. The number of ether oxygens (including phenoxy) is 1. The molecule has 0 bridgehead atoms. The predicted molar refractivity (Wildman–Crippen MR) is 74.6 cm³/mol. The van der Waals surface area contributed by atoms with Gasteiger partial charge in [0, 0.05) is 5.56 Å². The van der Waals surface area contributed by atoms with E-state index in [1.54, 1.807) is 0 Å². The van der Waals surface area contributed by atoms with E-state index >= 15 is 0 Å². The largest absolute Gasteiger partial charge is 0.423 e. The maximum absolute atomic E-state index is 13.0. The Hall–Kier alpha value is -2.42. The topological polar surface area (TPSA) is 43.4 Å². The van der Waals surface area contributed by atoms with Gasteiger partial charge in [-0.1, -0.05) is 31.6 Å². The molecule has 0 atom stereocenters. The van der Waals surface area contributed by atoms with Crippen LogP contribution in [0.3, 0.4) is 0 Å². The van der Waals surface area contributed by atoms with Crippen LogP contribution in [0, 0.1) is 0 Å². The van der Waals surface area contributed by atoms with Gasteiger partial charge in [-0.15, -0.1) is 0 Å². The van der Waals surface area contributed by atoms with Gasteiger partial charge in [0.1, 0.15) is 16.9 Å². The second-order valence-corrected chi connectivity index (χ2v) is 6.92. The molecule has 3 nitrogen and oxygen atoms in total. The van der Waals surface area contributed by atoms with Gasteiger partial charge in [-0.25, -0.2) is 4.79 Å². The number of hydrogen-bond acceptors (Lipinski definition) is 3. The molecule has 0 heterocycles. The number of carbonyl (C=O) groups is 2. The number of hydrogen-bond donors (Lipinski definition) is 0. The van der Waals surface area contributed by atoms with Crippen LogP contribution in [0.2, 0.25) is 0 Å². The fraction of sp³-hybridized carbons (Fsp3) is 0. The van der Waals surface area contributed by atoms with Crippen molar-refractivity contribution in [2.45, 2.75) is 4.90 Å². The van der Waals surface area contributed by atoms with Crippen LogP contribution in [-0.2, 0) is 0 Å². The first-order valence-electron chi connectivity index (χ1n) is 6.01. The summed E-state index contributed by atoms with van der Waals surface area (Å²) in [5, 5.41) is 0. The van der Waals surface area contributed by atoms with Gasteiger partial charge in [-0.05, 0) is 36.4 Å². The summed E-state index contributed by atoms with van der Waals surface area (Å²) in [5.74, 6) is -1.76. The summed E-state index contributed by atoms with van der Waals surface area (Å²) in [6, 6.07) is 7.33. The van der Waals surface area contributed by atoms with E-state index in [9.17, 15) is 29.0 Å². The van der Waals surface area contributed by atoms with Crippen LogP contribution >= 0.6 is 10.2 Å². The van der Waals surface area contributed by atoms with E-state index in [-0.39, 0.29) is 17.4 Å². The average Bonchev–Trinajstić information content (AvgIpc) is 2.46. The molecule has 0 saturated heterocycles. The molecule has 0 N–H and O–H groups in total. The summed E-state index contributed by atoms with van der Waals surface area (Å²) >= 11 is 0. The van der Waals surface area contributed by atoms with Gasteiger partial charge >= 0.3 is 16.2 Å². The lowest BCUT2D eigenvalue weighted by molar-refractivity contribution is 0.0728. The summed E-state index contributed by atoms with van der Waals surface area (Å²) in [6.45, 7) is 0. The average molecular weight is 352 g/mol. The summed E-state index contributed by atoms with van der Waals surface area (Å²) in [6.07, 6.45) is 0.509. The molecule has 23 heavy (non-hydrogen) atoms. The first kappa shape index (κ1) is 16.9. The van der Waals surface area contributed by atoms with Crippen molar-refractivity contribution in [2.75, 3.05) is 0 Å². The molecule has 0 aliphatic heterocycles. The van der Waals surface area contributed by atoms with Crippen molar-refractivity contribution in [1.82, 2.24) is 0 Å². The fourth-order valence-corrected chi connectivity index (χ4v) is 2.65. The van der Waals surface area contributed by atoms with Crippen LogP contribution in [0.25, 0.3) is 0 Å². The van der Waals surface area contributed by atoms with E-state index in [4.69, 9.17) is 0 Å². The number of esters is 1. The number of carbonyl (C=O) groups excluding carboxylic acids is 2. The second-order valence-electron chi connectivity index (χ2n) is 4.54. The SMILES string of the molecule is O=Cc1ccc(OC(=O)c2ccccc2S(F)(F)(F)(F)F)cc1. The summed E-state index contributed by atoms with van der Waals surface area (Å²) in [5.41, 5.74) is -1.04. The Labute approximate surface area is 127 Å². The Morgan fingerprint density at radius 3 is 2.00 bits per heavy atom. The van der Waals surface area contributed by atoms with Gasteiger partial charge in [0.05, 0.1) is 5.56 Å². The van der Waals surface area contributed by atoms with E-state index < -0.39 is 26.7 Å². The molecule has 0 aliphatic carbocycles. The molecular weight excluding hydrogens is 343 g/mol. The van der Waals surface area contributed by atoms with Gasteiger partial charge in [0.25, 0.3) is 0 Å². The first-order chi connectivity index (χ1) is 10.4. The number of aldehydes is 1. The summed E-state index contributed by atoms with van der Waals surface area (Å²) < 4.78 is 69.5. The third-order valence-corrected chi connectivity index (χ3v) is 3.94. The fourth-order valence-electron chi connectivity index (χ4n) is 1.75. The molecule has 9 heteroatoms. The van der Waals surface area contributed by atoms with Crippen LogP contribution in [0.15, 0.2) is 53.4 Å². The van der Waals surface area contributed by atoms with Crippen molar-refractivity contribution in [3.8, 4) is 5.75 Å². The Bertz CT molecular complexity index is 769. The summed E-state index contributed by atoms with van der Waals surface area (Å²) in [4.78, 5) is 20.0. The lowest BCUT2D eigenvalue weighted by Crippen LogP contribution is -2.16. The van der Waals surface area contributed by atoms with E-state index in [2.05, 4.69) is 4.74 Å². The molecular formula is C14H9F5O3S. The van der Waals surface area contributed by atoms with Crippen molar-refractivity contribution in [2.24, 2.45) is 0 Å². The molecule has 2 aromatic rings. The van der Waals surface area contributed by atoms with Gasteiger partial charge in [0.2, 0.25) is 0 Å². The maximum atomic E-state index is 13.0. The maximum Gasteiger partial charge on any atom is 0.345 e. The number of halogens is 5.